The van der Waals surface area contributed by atoms with Crippen molar-refractivity contribution in [1.82, 2.24) is 24.2 Å². The standard InChI is InChI=1S/C46H46N6O6/c1-31-43(41(48-49(31)3)30-57-36-20-18-35(19-21-36)51-25-23-50(24-26-51)32(2)53)40-15-7-14-38-39(16-9-27-56-42-17-6-12-34-11-4-5-13-37(34)42)45(58-46(54)55)52(44(38)40)29-33-10-8-22-47-28-33/h4-8,10-15,17-22,28H,9,16,23-27,29-30H2,1-3H3,(H,54,55). The Morgan fingerprint density at radius 2 is 1.60 bits per heavy atom. The molecule has 7 aromatic rings. The summed E-state index contributed by atoms with van der Waals surface area (Å²) in [7, 11) is 1.91. The molecule has 4 aromatic carbocycles. The highest BCUT2D eigenvalue weighted by atomic mass is 16.7. The maximum Gasteiger partial charge on any atom is 0.512 e. The van der Waals surface area contributed by atoms with E-state index in [0.29, 0.717) is 44.8 Å². The Kier molecular flexibility index (Phi) is 11.0. The number of carbonyl (C=O) groups excluding carboxylic acids is 1. The predicted octanol–water partition coefficient (Wildman–Crippen LogP) is 8.26. The van der Waals surface area contributed by atoms with Gasteiger partial charge in [0, 0.05) is 91.4 Å². The van der Waals surface area contributed by atoms with E-state index in [1.807, 2.05) is 107 Å². The SMILES string of the molecule is CC(=O)N1CCN(c2ccc(OCc3nn(C)c(C)c3-c3cccc4c(CCCOc5cccc6ccccc56)c(OC(=O)O)n(Cc5cccnc5)c34)cc2)CC1. The number of fused-ring (bicyclic) bond motifs is 2. The normalized spacial score (nSPS) is 12.9. The van der Waals surface area contributed by atoms with Crippen molar-refractivity contribution in [2.75, 3.05) is 37.7 Å². The van der Waals surface area contributed by atoms with E-state index in [4.69, 9.17) is 19.3 Å². The van der Waals surface area contributed by atoms with E-state index in [1.165, 1.54) is 0 Å². The van der Waals surface area contributed by atoms with Gasteiger partial charge in [0.05, 0.1) is 18.7 Å². The van der Waals surface area contributed by atoms with Gasteiger partial charge < -0.3 is 33.7 Å². The Balaban J connectivity index is 1.11. The minimum Gasteiger partial charge on any atom is -0.493 e. The van der Waals surface area contributed by atoms with Crippen LogP contribution in [0.3, 0.4) is 0 Å². The number of benzene rings is 4. The maximum absolute atomic E-state index is 12.4. The first-order chi connectivity index (χ1) is 28.2. The van der Waals surface area contributed by atoms with E-state index in [-0.39, 0.29) is 18.4 Å². The highest BCUT2D eigenvalue weighted by Crippen LogP contribution is 2.42. The van der Waals surface area contributed by atoms with Gasteiger partial charge in [-0.25, -0.2) is 4.79 Å². The van der Waals surface area contributed by atoms with Crippen molar-refractivity contribution < 1.29 is 28.9 Å². The Hall–Kier alpha value is -6.82. The summed E-state index contributed by atoms with van der Waals surface area (Å²) >= 11 is 0. The summed E-state index contributed by atoms with van der Waals surface area (Å²) < 4.78 is 22.2. The molecular formula is C46H46N6O6. The summed E-state index contributed by atoms with van der Waals surface area (Å²) in [4.78, 5) is 32.6. The molecule has 4 heterocycles. The quantitative estimate of drug-likeness (QED) is 0.0910. The smallest absolute Gasteiger partial charge is 0.493 e. The maximum atomic E-state index is 12.4. The third kappa shape index (κ3) is 7.90. The number of hydrogen-bond acceptors (Lipinski definition) is 8. The molecule has 1 N–H and O–H groups in total. The van der Waals surface area contributed by atoms with Crippen molar-refractivity contribution in [3.8, 4) is 28.5 Å². The fraction of sp³-hybridized carbons (Fsp3) is 0.261. The van der Waals surface area contributed by atoms with Crippen LogP contribution in [0, 0.1) is 6.92 Å². The number of amides is 1. The van der Waals surface area contributed by atoms with Crippen LogP contribution < -0.4 is 19.1 Å². The van der Waals surface area contributed by atoms with Crippen LogP contribution in [0.2, 0.25) is 0 Å². The van der Waals surface area contributed by atoms with Gasteiger partial charge in [-0.15, -0.1) is 0 Å². The molecule has 12 nitrogen and oxygen atoms in total. The molecule has 0 aliphatic carbocycles. The van der Waals surface area contributed by atoms with Crippen molar-refractivity contribution in [2.24, 2.45) is 7.05 Å². The van der Waals surface area contributed by atoms with Gasteiger partial charge in [0.1, 0.15) is 23.8 Å². The van der Waals surface area contributed by atoms with Gasteiger partial charge in [-0.3, -0.25) is 14.5 Å². The molecule has 0 spiro atoms. The number of pyridine rings is 1. The van der Waals surface area contributed by atoms with Gasteiger partial charge in [-0.2, -0.15) is 5.10 Å². The minimum absolute atomic E-state index is 0.110. The van der Waals surface area contributed by atoms with Crippen LogP contribution in [0.15, 0.2) is 109 Å². The van der Waals surface area contributed by atoms with E-state index < -0.39 is 6.16 Å². The number of aromatic nitrogens is 4. The molecule has 1 aliphatic rings. The van der Waals surface area contributed by atoms with Crippen LogP contribution in [-0.2, 0) is 31.4 Å². The number of aryl methyl sites for hydroxylation is 2. The summed E-state index contributed by atoms with van der Waals surface area (Å²) in [5.74, 6) is 1.90. The number of anilines is 1. The second-order valence-corrected chi connectivity index (χ2v) is 14.5. The molecule has 0 radical (unpaired) electrons. The second kappa shape index (κ2) is 16.7. The Labute approximate surface area is 336 Å². The molecule has 1 amide bonds. The van der Waals surface area contributed by atoms with Crippen LogP contribution >= 0.6 is 0 Å². The van der Waals surface area contributed by atoms with E-state index in [9.17, 15) is 14.7 Å². The van der Waals surface area contributed by atoms with Crippen molar-refractivity contribution in [2.45, 2.75) is 39.8 Å². The van der Waals surface area contributed by atoms with Crippen molar-refractivity contribution in [1.29, 1.82) is 0 Å². The Morgan fingerprint density at radius 3 is 2.36 bits per heavy atom. The summed E-state index contributed by atoms with van der Waals surface area (Å²) in [6, 6.07) is 32.1. The fourth-order valence-electron chi connectivity index (χ4n) is 7.99. The van der Waals surface area contributed by atoms with Crippen LogP contribution in [0.25, 0.3) is 32.8 Å². The van der Waals surface area contributed by atoms with Crippen molar-refractivity contribution in [3.05, 3.63) is 132 Å². The number of carboxylic acid groups (broad SMARTS) is 1. The lowest BCUT2D eigenvalue weighted by molar-refractivity contribution is -0.129. The number of carbonyl (C=O) groups is 2. The second-order valence-electron chi connectivity index (χ2n) is 14.5. The van der Waals surface area contributed by atoms with Gasteiger partial charge in [0.25, 0.3) is 0 Å². The van der Waals surface area contributed by atoms with Gasteiger partial charge in [-0.05, 0) is 67.1 Å². The van der Waals surface area contributed by atoms with E-state index in [1.54, 1.807) is 19.3 Å². The summed E-state index contributed by atoms with van der Waals surface area (Å²) in [6.07, 6.45) is 3.24. The van der Waals surface area contributed by atoms with E-state index in [2.05, 4.69) is 28.1 Å². The first-order valence-electron chi connectivity index (χ1n) is 19.6. The van der Waals surface area contributed by atoms with Gasteiger partial charge in [-0.1, -0.05) is 60.7 Å². The zero-order chi connectivity index (χ0) is 40.2. The molecule has 3 aromatic heterocycles. The third-order valence-electron chi connectivity index (χ3n) is 10.9. The summed E-state index contributed by atoms with van der Waals surface area (Å²) in [5.41, 5.74) is 7.07. The zero-order valence-electron chi connectivity index (χ0n) is 32.9. The molecule has 0 bridgehead atoms. The largest absolute Gasteiger partial charge is 0.512 e. The van der Waals surface area contributed by atoms with Crippen molar-refractivity contribution >= 4 is 39.4 Å². The molecule has 0 saturated carbocycles. The highest BCUT2D eigenvalue weighted by Gasteiger charge is 2.27. The number of piperazine rings is 1. The Bertz CT molecular complexity index is 2570. The molecule has 296 valence electrons. The highest BCUT2D eigenvalue weighted by molar-refractivity contribution is 6.00. The first kappa shape index (κ1) is 38.1. The van der Waals surface area contributed by atoms with Gasteiger partial charge in [0.2, 0.25) is 11.8 Å². The molecule has 1 saturated heterocycles. The monoisotopic (exact) mass is 778 g/mol. The van der Waals surface area contributed by atoms with E-state index >= 15 is 0 Å². The van der Waals surface area contributed by atoms with Crippen LogP contribution in [0.5, 0.6) is 17.4 Å². The minimum atomic E-state index is -1.39. The van der Waals surface area contributed by atoms with Gasteiger partial charge >= 0.3 is 6.16 Å². The average Bonchev–Trinajstić information content (AvgIpc) is 3.69. The third-order valence-corrected chi connectivity index (χ3v) is 10.9. The lowest BCUT2D eigenvalue weighted by Crippen LogP contribution is -2.48. The number of nitrogens with zero attached hydrogens (tertiary/aromatic N) is 6. The van der Waals surface area contributed by atoms with Crippen LogP contribution in [0.1, 0.15) is 35.9 Å². The number of para-hydroxylation sites is 1. The zero-order valence-corrected chi connectivity index (χ0v) is 32.9. The fourth-order valence-corrected chi connectivity index (χ4v) is 7.99. The van der Waals surface area contributed by atoms with Gasteiger partial charge in [0.15, 0.2) is 0 Å². The van der Waals surface area contributed by atoms with Crippen LogP contribution in [-0.4, -0.2) is 74.2 Å². The molecule has 1 fully saturated rings. The molecule has 1 aliphatic heterocycles. The molecule has 0 atom stereocenters. The summed E-state index contributed by atoms with van der Waals surface area (Å²) in [6.45, 7) is 7.59. The van der Waals surface area contributed by atoms with Crippen LogP contribution in [0.4, 0.5) is 10.5 Å². The number of rotatable bonds is 13. The number of ether oxygens (including phenoxy) is 3. The average molecular weight is 779 g/mol. The summed E-state index contributed by atoms with van der Waals surface area (Å²) in [5, 5.41) is 18.0. The molecular weight excluding hydrogens is 733 g/mol. The van der Waals surface area contributed by atoms with Crippen molar-refractivity contribution in [3.63, 3.8) is 0 Å². The molecule has 0 unspecified atom stereocenters. The Morgan fingerprint density at radius 1 is 0.845 bits per heavy atom. The van der Waals surface area contributed by atoms with E-state index in [0.717, 1.165) is 79.8 Å². The molecule has 58 heavy (non-hydrogen) atoms. The first-order valence-corrected chi connectivity index (χ1v) is 19.6. The topological polar surface area (TPSA) is 124 Å². The lowest BCUT2D eigenvalue weighted by atomic mass is 9.98. The lowest BCUT2D eigenvalue weighted by Gasteiger charge is -2.35. The molecule has 12 heteroatoms. The predicted molar refractivity (Wildman–Crippen MR) is 224 cm³/mol. The molecule has 8 rings (SSSR count). The number of hydrogen-bond donors (Lipinski definition) is 1.